The van der Waals surface area contributed by atoms with E-state index in [4.69, 9.17) is 4.74 Å². The van der Waals surface area contributed by atoms with Gasteiger partial charge in [0, 0.05) is 36.1 Å². The molecule has 0 bridgehead atoms. The molecular formula is C23H19F6N3O2. The fourth-order valence-corrected chi connectivity index (χ4v) is 3.18. The molecule has 1 aromatic carbocycles. The summed E-state index contributed by atoms with van der Waals surface area (Å²) in [5.41, 5.74) is -2.93. The lowest BCUT2D eigenvalue weighted by atomic mass is 10.0. The first-order chi connectivity index (χ1) is 15.8. The summed E-state index contributed by atoms with van der Waals surface area (Å²) in [6.45, 7) is 3.57. The first-order valence-electron chi connectivity index (χ1n) is 9.92. The summed E-state index contributed by atoms with van der Waals surface area (Å²) < 4.78 is 85.1. The van der Waals surface area contributed by atoms with E-state index in [1.165, 1.54) is 31.7 Å². The summed E-state index contributed by atoms with van der Waals surface area (Å²) in [5, 5.41) is 0. The Hall–Kier alpha value is -3.63. The quantitative estimate of drug-likeness (QED) is 0.403. The van der Waals surface area contributed by atoms with Crippen LogP contribution in [-0.4, -0.2) is 29.0 Å². The van der Waals surface area contributed by atoms with Crippen molar-refractivity contribution >= 4 is 11.6 Å². The molecule has 0 N–H and O–H groups in total. The SMILES string of the molecule is CC(C)Oc1ncccc1-c1ccncc1N(C)C(=O)c1cc(C(F)(F)F)cc(C(F)(F)F)c1. The second kappa shape index (κ2) is 9.32. The Balaban J connectivity index is 2.10. The molecule has 0 spiro atoms. The lowest BCUT2D eigenvalue weighted by Gasteiger charge is -2.22. The van der Waals surface area contributed by atoms with Crippen LogP contribution in [0.1, 0.15) is 35.3 Å². The number of hydrogen-bond donors (Lipinski definition) is 0. The number of pyridine rings is 2. The van der Waals surface area contributed by atoms with Gasteiger partial charge in [0.15, 0.2) is 0 Å². The van der Waals surface area contributed by atoms with Crippen LogP contribution in [0.25, 0.3) is 11.1 Å². The summed E-state index contributed by atoms with van der Waals surface area (Å²) in [6, 6.07) is 5.57. The highest BCUT2D eigenvalue weighted by Gasteiger charge is 2.38. The molecule has 2 aromatic heterocycles. The van der Waals surface area contributed by atoms with Crippen molar-refractivity contribution in [1.29, 1.82) is 0 Å². The molecule has 0 aliphatic heterocycles. The Bertz CT molecular complexity index is 1160. The van der Waals surface area contributed by atoms with Crippen LogP contribution in [0.5, 0.6) is 5.88 Å². The number of rotatable bonds is 5. The number of anilines is 1. The molecule has 0 saturated heterocycles. The Morgan fingerprint density at radius 2 is 1.56 bits per heavy atom. The predicted octanol–water partition coefficient (Wildman–Crippen LogP) is 6.25. The van der Waals surface area contributed by atoms with Crippen molar-refractivity contribution in [3.05, 3.63) is 71.7 Å². The molecule has 0 aliphatic carbocycles. The fraction of sp³-hybridized carbons (Fsp3) is 0.261. The van der Waals surface area contributed by atoms with Gasteiger partial charge in [0.25, 0.3) is 5.91 Å². The number of aromatic nitrogens is 2. The van der Waals surface area contributed by atoms with Crippen LogP contribution in [0.15, 0.2) is 55.0 Å². The zero-order chi connectivity index (χ0) is 25.3. The largest absolute Gasteiger partial charge is 0.475 e. The third-order valence-electron chi connectivity index (χ3n) is 4.71. The zero-order valence-electron chi connectivity index (χ0n) is 18.2. The lowest BCUT2D eigenvalue weighted by molar-refractivity contribution is -0.143. The Kier molecular flexibility index (Phi) is 6.85. The van der Waals surface area contributed by atoms with E-state index in [9.17, 15) is 31.1 Å². The second-order valence-electron chi connectivity index (χ2n) is 7.57. The fourth-order valence-electron chi connectivity index (χ4n) is 3.18. The maximum atomic E-state index is 13.2. The maximum absolute atomic E-state index is 13.2. The van der Waals surface area contributed by atoms with E-state index in [-0.39, 0.29) is 23.7 Å². The topological polar surface area (TPSA) is 55.3 Å². The number of alkyl halides is 6. The van der Waals surface area contributed by atoms with Crippen LogP contribution >= 0.6 is 0 Å². The number of nitrogens with zero attached hydrogens (tertiary/aromatic N) is 3. The normalized spacial score (nSPS) is 12.1. The van der Waals surface area contributed by atoms with Gasteiger partial charge in [-0.2, -0.15) is 26.3 Å². The molecular weight excluding hydrogens is 464 g/mol. The van der Waals surface area contributed by atoms with E-state index in [0.717, 1.165) is 4.90 Å². The highest BCUT2D eigenvalue weighted by Crippen LogP contribution is 2.38. The number of hydrogen-bond acceptors (Lipinski definition) is 4. The monoisotopic (exact) mass is 483 g/mol. The van der Waals surface area contributed by atoms with Gasteiger partial charge in [-0.05, 0) is 50.2 Å². The van der Waals surface area contributed by atoms with E-state index in [2.05, 4.69) is 9.97 Å². The van der Waals surface area contributed by atoms with Crippen LogP contribution in [0, 0.1) is 0 Å². The highest BCUT2D eigenvalue weighted by atomic mass is 19.4. The number of carbonyl (C=O) groups is 1. The molecule has 3 aromatic rings. The molecule has 3 rings (SSSR count). The molecule has 11 heteroatoms. The molecule has 2 heterocycles. The third kappa shape index (κ3) is 5.46. The molecule has 0 unspecified atom stereocenters. The van der Waals surface area contributed by atoms with Gasteiger partial charge in [0.05, 0.1) is 29.1 Å². The van der Waals surface area contributed by atoms with E-state index >= 15 is 0 Å². The molecule has 0 radical (unpaired) electrons. The van der Waals surface area contributed by atoms with Crippen molar-refractivity contribution in [3.63, 3.8) is 0 Å². The number of halogens is 6. The molecule has 0 fully saturated rings. The molecule has 0 atom stereocenters. The van der Waals surface area contributed by atoms with Crippen LogP contribution in [-0.2, 0) is 12.4 Å². The van der Waals surface area contributed by atoms with E-state index < -0.39 is 35.0 Å². The molecule has 0 aliphatic rings. The van der Waals surface area contributed by atoms with Gasteiger partial charge < -0.3 is 9.64 Å². The van der Waals surface area contributed by atoms with Gasteiger partial charge in [-0.1, -0.05) is 0 Å². The van der Waals surface area contributed by atoms with Crippen molar-refractivity contribution in [2.24, 2.45) is 0 Å². The predicted molar refractivity (Wildman–Crippen MR) is 112 cm³/mol. The van der Waals surface area contributed by atoms with Crippen molar-refractivity contribution in [1.82, 2.24) is 9.97 Å². The first-order valence-corrected chi connectivity index (χ1v) is 9.92. The Morgan fingerprint density at radius 1 is 0.941 bits per heavy atom. The third-order valence-corrected chi connectivity index (χ3v) is 4.71. The summed E-state index contributed by atoms with van der Waals surface area (Å²) in [4.78, 5) is 22.1. The van der Waals surface area contributed by atoms with Gasteiger partial charge in [-0.15, -0.1) is 0 Å². The summed E-state index contributed by atoms with van der Waals surface area (Å²) >= 11 is 0. The van der Waals surface area contributed by atoms with E-state index in [1.54, 1.807) is 26.0 Å². The van der Waals surface area contributed by atoms with Gasteiger partial charge in [0.1, 0.15) is 0 Å². The minimum Gasteiger partial charge on any atom is -0.475 e. The van der Waals surface area contributed by atoms with Gasteiger partial charge >= 0.3 is 12.4 Å². The minimum atomic E-state index is -5.08. The van der Waals surface area contributed by atoms with Gasteiger partial charge in [0.2, 0.25) is 5.88 Å². The standard InChI is InChI=1S/C23H19F6N3O2/c1-13(2)34-20-18(5-4-7-31-20)17-6-8-30-12-19(17)32(3)21(33)14-9-15(22(24,25)26)11-16(10-14)23(27,28)29/h4-13H,1-3H3. The van der Waals surface area contributed by atoms with E-state index in [0.29, 0.717) is 23.3 Å². The maximum Gasteiger partial charge on any atom is 0.416 e. The van der Waals surface area contributed by atoms with Gasteiger partial charge in [-0.3, -0.25) is 9.78 Å². The highest BCUT2D eigenvalue weighted by molar-refractivity contribution is 6.08. The van der Waals surface area contributed by atoms with Crippen LogP contribution < -0.4 is 9.64 Å². The molecule has 5 nitrogen and oxygen atoms in total. The molecule has 34 heavy (non-hydrogen) atoms. The smallest absolute Gasteiger partial charge is 0.416 e. The van der Waals surface area contributed by atoms with Crippen LogP contribution in [0.4, 0.5) is 32.0 Å². The number of amides is 1. The first kappa shape index (κ1) is 25.0. The van der Waals surface area contributed by atoms with E-state index in [1.807, 2.05) is 0 Å². The lowest BCUT2D eigenvalue weighted by Crippen LogP contribution is -2.28. The van der Waals surface area contributed by atoms with Gasteiger partial charge in [-0.25, -0.2) is 4.98 Å². The van der Waals surface area contributed by atoms with Crippen molar-refractivity contribution in [2.75, 3.05) is 11.9 Å². The molecule has 1 amide bonds. The summed E-state index contributed by atoms with van der Waals surface area (Å²) in [5.74, 6) is -0.842. The minimum absolute atomic E-state index is 0.0303. The average Bonchev–Trinajstić information content (AvgIpc) is 2.76. The molecule has 180 valence electrons. The Morgan fingerprint density at radius 3 is 2.12 bits per heavy atom. The van der Waals surface area contributed by atoms with Crippen molar-refractivity contribution in [3.8, 4) is 17.0 Å². The van der Waals surface area contributed by atoms with Crippen LogP contribution in [0.2, 0.25) is 0 Å². The average molecular weight is 483 g/mol. The number of ether oxygens (including phenoxy) is 1. The number of carbonyl (C=O) groups excluding carboxylic acids is 1. The second-order valence-corrected chi connectivity index (χ2v) is 7.57. The Labute approximate surface area is 191 Å². The summed E-state index contributed by atoms with van der Waals surface area (Å²) in [6.07, 6.45) is -6.19. The van der Waals surface area contributed by atoms with Crippen molar-refractivity contribution in [2.45, 2.75) is 32.3 Å². The molecule has 0 saturated carbocycles. The summed E-state index contributed by atoms with van der Waals surface area (Å²) in [7, 11) is 1.23. The van der Waals surface area contributed by atoms with Crippen molar-refractivity contribution < 1.29 is 35.9 Å². The number of benzene rings is 1. The van der Waals surface area contributed by atoms with Crippen LogP contribution in [0.3, 0.4) is 0 Å². The zero-order valence-corrected chi connectivity index (χ0v) is 18.2.